The van der Waals surface area contributed by atoms with E-state index < -0.39 is 0 Å². The fraction of sp³-hybridized carbons (Fsp3) is 0.333. The fourth-order valence-corrected chi connectivity index (χ4v) is 2.06. The maximum atomic E-state index is 11.5. The lowest BCUT2D eigenvalue weighted by atomic mass is 9.99. The minimum absolute atomic E-state index is 0.0530. The van der Waals surface area contributed by atoms with Crippen LogP contribution in [0.15, 0.2) is 29.1 Å². The average molecular weight is 242 g/mol. The Bertz CT molecular complexity index is 641. The van der Waals surface area contributed by atoms with Crippen molar-refractivity contribution in [2.24, 2.45) is 0 Å². The Labute approximate surface area is 107 Å². The van der Waals surface area contributed by atoms with Gasteiger partial charge in [0.2, 0.25) is 0 Å². The molecule has 1 aromatic heterocycles. The molecular formula is C15H18N2O. The van der Waals surface area contributed by atoms with E-state index in [1.807, 2.05) is 6.92 Å². The van der Waals surface area contributed by atoms with Crippen LogP contribution in [-0.4, -0.2) is 9.78 Å². The lowest BCUT2D eigenvalue weighted by Gasteiger charge is -2.10. The second-order valence-electron chi connectivity index (χ2n) is 4.62. The fourth-order valence-electron chi connectivity index (χ4n) is 2.06. The highest BCUT2D eigenvalue weighted by Crippen LogP contribution is 2.24. The summed E-state index contributed by atoms with van der Waals surface area (Å²) in [4.78, 5) is 11.5. The van der Waals surface area contributed by atoms with Gasteiger partial charge >= 0.3 is 0 Å². The topological polar surface area (TPSA) is 34.9 Å². The predicted molar refractivity (Wildman–Crippen MR) is 73.8 cm³/mol. The van der Waals surface area contributed by atoms with Crippen LogP contribution in [0.25, 0.3) is 11.3 Å². The second kappa shape index (κ2) is 4.77. The third-order valence-corrected chi connectivity index (χ3v) is 3.28. The monoisotopic (exact) mass is 242 g/mol. The molecule has 0 atom stereocenters. The molecular weight excluding hydrogens is 224 g/mol. The van der Waals surface area contributed by atoms with Crippen molar-refractivity contribution in [3.8, 4) is 11.3 Å². The standard InChI is InChI=1S/C15H18N2O/c1-5-17-15(18)7-6-14(16-17)13-9-11(3)10(2)8-12(13)4/h6-9H,5H2,1-4H3. The van der Waals surface area contributed by atoms with E-state index in [9.17, 15) is 4.79 Å². The van der Waals surface area contributed by atoms with E-state index in [1.54, 1.807) is 12.1 Å². The van der Waals surface area contributed by atoms with Gasteiger partial charge in [-0.25, -0.2) is 4.68 Å². The summed E-state index contributed by atoms with van der Waals surface area (Å²) in [5, 5.41) is 4.40. The molecule has 0 saturated carbocycles. The number of hydrogen-bond acceptors (Lipinski definition) is 2. The molecule has 94 valence electrons. The zero-order chi connectivity index (χ0) is 13.3. The minimum Gasteiger partial charge on any atom is -0.268 e. The highest BCUT2D eigenvalue weighted by atomic mass is 16.1. The molecule has 0 spiro atoms. The summed E-state index contributed by atoms with van der Waals surface area (Å²) in [6.45, 7) is 8.79. The second-order valence-corrected chi connectivity index (χ2v) is 4.62. The third-order valence-electron chi connectivity index (χ3n) is 3.28. The first-order chi connectivity index (χ1) is 8.52. The smallest absolute Gasteiger partial charge is 0.266 e. The van der Waals surface area contributed by atoms with E-state index in [-0.39, 0.29) is 5.56 Å². The van der Waals surface area contributed by atoms with Crippen LogP contribution in [-0.2, 0) is 6.54 Å². The SMILES string of the molecule is CCn1nc(-c2cc(C)c(C)cc2C)ccc1=O. The molecule has 2 rings (SSSR count). The predicted octanol–water partition coefficient (Wildman–Crippen LogP) is 2.86. The van der Waals surface area contributed by atoms with Gasteiger partial charge in [0, 0.05) is 18.2 Å². The molecule has 0 N–H and O–H groups in total. The molecule has 0 fully saturated rings. The van der Waals surface area contributed by atoms with E-state index in [2.05, 4.69) is 38.0 Å². The van der Waals surface area contributed by atoms with Gasteiger partial charge in [-0.3, -0.25) is 4.79 Å². The Morgan fingerprint density at radius 2 is 1.72 bits per heavy atom. The summed E-state index contributed by atoms with van der Waals surface area (Å²) in [5.41, 5.74) is 5.61. The summed E-state index contributed by atoms with van der Waals surface area (Å²) in [6, 6.07) is 7.68. The van der Waals surface area contributed by atoms with Crippen molar-refractivity contribution in [1.29, 1.82) is 0 Å². The van der Waals surface area contributed by atoms with Crippen molar-refractivity contribution < 1.29 is 0 Å². The summed E-state index contributed by atoms with van der Waals surface area (Å²) in [5.74, 6) is 0. The van der Waals surface area contributed by atoms with Gasteiger partial charge in [0.25, 0.3) is 5.56 Å². The zero-order valence-corrected chi connectivity index (χ0v) is 11.3. The number of nitrogens with zero attached hydrogens (tertiary/aromatic N) is 2. The highest BCUT2D eigenvalue weighted by molar-refractivity contribution is 5.64. The van der Waals surface area contributed by atoms with Gasteiger partial charge in [-0.15, -0.1) is 0 Å². The van der Waals surface area contributed by atoms with E-state index >= 15 is 0 Å². The van der Waals surface area contributed by atoms with Crippen molar-refractivity contribution >= 4 is 0 Å². The number of aromatic nitrogens is 2. The molecule has 0 aliphatic carbocycles. The molecule has 2 aromatic rings. The third kappa shape index (κ3) is 2.21. The highest BCUT2D eigenvalue weighted by Gasteiger charge is 2.07. The largest absolute Gasteiger partial charge is 0.268 e. The number of benzene rings is 1. The van der Waals surface area contributed by atoms with Crippen molar-refractivity contribution in [2.45, 2.75) is 34.2 Å². The van der Waals surface area contributed by atoms with E-state index in [4.69, 9.17) is 0 Å². The van der Waals surface area contributed by atoms with Gasteiger partial charge in [-0.2, -0.15) is 5.10 Å². The molecule has 0 saturated heterocycles. The van der Waals surface area contributed by atoms with Gasteiger partial charge in [0.1, 0.15) is 0 Å². The Kier molecular flexibility index (Phi) is 3.32. The molecule has 0 aliphatic heterocycles. The van der Waals surface area contributed by atoms with Crippen LogP contribution >= 0.6 is 0 Å². The Hall–Kier alpha value is -1.90. The number of hydrogen-bond donors (Lipinski definition) is 0. The zero-order valence-electron chi connectivity index (χ0n) is 11.3. The Balaban J connectivity index is 2.62. The summed E-state index contributed by atoms with van der Waals surface area (Å²) in [7, 11) is 0. The van der Waals surface area contributed by atoms with Crippen molar-refractivity contribution in [3.05, 3.63) is 51.3 Å². The normalized spacial score (nSPS) is 10.7. The van der Waals surface area contributed by atoms with Crippen LogP contribution in [0, 0.1) is 20.8 Å². The van der Waals surface area contributed by atoms with Gasteiger partial charge in [-0.1, -0.05) is 6.07 Å². The molecule has 0 amide bonds. The molecule has 0 aliphatic rings. The lowest BCUT2D eigenvalue weighted by molar-refractivity contribution is 0.619. The van der Waals surface area contributed by atoms with E-state index in [1.165, 1.54) is 21.4 Å². The molecule has 1 aromatic carbocycles. The summed E-state index contributed by atoms with van der Waals surface area (Å²) in [6.07, 6.45) is 0. The number of aryl methyl sites for hydroxylation is 4. The summed E-state index contributed by atoms with van der Waals surface area (Å²) < 4.78 is 1.49. The molecule has 3 nitrogen and oxygen atoms in total. The van der Waals surface area contributed by atoms with E-state index in [0.717, 1.165) is 11.3 Å². The summed E-state index contributed by atoms with van der Waals surface area (Å²) >= 11 is 0. The van der Waals surface area contributed by atoms with Crippen molar-refractivity contribution in [1.82, 2.24) is 9.78 Å². The molecule has 1 heterocycles. The van der Waals surface area contributed by atoms with Gasteiger partial charge < -0.3 is 0 Å². The average Bonchev–Trinajstić information content (AvgIpc) is 2.35. The van der Waals surface area contributed by atoms with Crippen molar-refractivity contribution in [3.63, 3.8) is 0 Å². The van der Waals surface area contributed by atoms with Gasteiger partial charge in [0.15, 0.2) is 0 Å². The number of rotatable bonds is 2. The van der Waals surface area contributed by atoms with Crippen LogP contribution in [0.4, 0.5) is 0 Å². The molecule has 18 heavy (non-hydrogen) atoms. The van der Waals surface area contributed by atoms with Crippen LogP contribution in [0.3, 0.4) is 0 Å². The Morgan fingerprint density at radius 3 is 2.39 bits per heavy atom. The Morgan fingerprint density at radius 1 is 1.06 bits per heavy atom. The minimum atomic E-state index is -0.0530. The first-order valence-electron chi connectivity index (χ1n) is 6.19. The molecule has 0 unspecified atom stereocenters. The quantitative estimate of drug-likeness (QED) is 0.811. The molecule has 0 bridgehead atoms. The van der Waals surface area contributed by atoms with Gasteiger partial charge in [0.05, 0.1) is 5.69 Å². The maximum absolute atomic E-state index is 11.5. The molecule has 0 radical (unpaired) electrons. The van der Waals surface area contributed by atoms with Crippen molar-refractivity contribution in [2.75, 3.05) is 0 Å². The van der Waals surface area contributed by atoms with Crippen LogP contribution < -0.4 is 5.56 Å². The van der Waals surface area contributed by atoms with Crippen LogP contribution in [0.1, 0.15) is 23.6 Å². The lowest BCUT2D eigenvalue weighted by Crippen LogP contribution is -2.21. The maximum Gasteiger partial charge on any atom is 0.266 e. The first kappa shape index (κ1) is 12.6. The van der Waals surface area contributed by atoms with Gasteiger partial charge in [-0.05, 0) is 56.5 Å². The van der Waals surface area contributed by atoms with Crippen LogP contribution in [0.5, 0.6) is 0 Å². The van der Waals surface area contributed by atoms with E-state index in [0.29, 0.717) is 6.54 Å². The molecule has 3 heteroatoms. The first-order valence-corrected chi connectivity index (χ1v) is 6.19. The van der Waals surface area contributed by atoms with Crippen LogP contribution in [0.2, 0.25) is 0 Å².